The van der Waals surface area contributed by atoms with Crippen LogP contribution in [-0.4, -0.2) is 110 Å². The molecule has 3 rings (SSSR count). The summed E-state index contributed by atoms with van der Waals surface area (Å²) in [7, 11) is 0. The number of Topliss-reactive ketones (excluding diaryl/α,β-unsaturated/α-hetero) is 1. The topological polar surface area (TPSA) is 260 Å². The second-order valence-corrected chi connectivity index (χ2v) is 13.4. The van der Waals surface area contributed by atoms with Crippen LogP contribution in [0.5, 0.6) is 0 Å². The molecule has 0 aromatic rings. The first kappa shape index (κ1) is 36.4. The summed E-state index contributed by atoms with van der Waals surface area (Å²) in [6, 6.07) is -2.45. The molecule has 2 saturated heterocycles. The smallest absolute Gasteiger partial charge is 0.353 e. The number of rotatable bonds is 19. The maximum Gasteiger partial charge on any atom is 0.353 e. The molecule has 0 aromatic heterocycles. The van der Waals surface area contributed by atoms with Crippen molar-refractivity contribution < 1.29 is 53.9 Å². The number of hydrogen-bond donors (Lipinski definition) is 7. The van der Waals surface area contributed by atoms with E-state index in [2.05, 4.69) is 5.32 Å². The second kappa shape index (κ2) is 15.0. The van der Waals surface area contributed by atoms with E-state index in [1.807, 2.05) is 0 Å². The molecule has 15 nitrogen and oxygen atoms in total. The molecule has 3 aliphatic rings. The number of thioether (sulfide) groups is 1. The zero-order chi connectivity index (χ0) is 33.7. The minimum atomic E-state index is -1.97. The number of aliphatic carboxylic acids is 3. The van der Waals surface area contributed by atoms with Crippen molar-refractivity contribution in [3.8, 4) is 0 Å². The fourth-order valence-corrected chi connectivity index (χ4v) is 8.18. The summed E-state index contributed by atoms with van der Waals surface area (Å²) < 4.78 is 5.47. The molecule has 0 saturated carbocycles. The van der Waals surface area contributed by atoms with E-state index in [9.17, 15) is 39.0 Å². The zero-order valence-corrected chi connectivity index (χ0v) is 26.3. The first-order valence-electron chi connectivity index (χ1n) is 15.1. The molecular formula is C29H44N4O11S. The molecule has 3 heterocycles. The first-order valence-corrected chi connectivity index (χ1v) is 16.0. The van der Waals surface area contributed by atoms with Gasteiger partial charge >= 0.3 is 17.9 Å². The molecule has 252 valence electrons. The highest BCUT2D eigenvalue weighted by Crippen LogP contribution is 2.65. The summed E-state index contributed by atoms with van der Waals surface area (Å²) in [4.78, 5) is 77.6. The molecule has 0 radical (unpaired) electrons. The maximum atomic E-state index is 14.9. The monoisotopic (exact) mass is 656 g/mol. The Balaban J connectivity index is 2.04. The number of nitrogens with two attached hydrogens (primary N) is 2. The number of amides is 2. The Morgan fingerprint density at radius 1 is 1.07 bits per heavy atom. The fraction of sp³-hybridized carbons (Fsp3) is 0.724. The fourth-order valence-electron chi connectivity index (χ4n) is 6.68. The Morgan fingerprint density at radius 3 is 2.16 bits per heavy atom. The van der Waals surface area contributed by atoms with E-state index in [1.165, 1.54) is 18.7 Å². The summed E-state index contributed by atoms with van der Waals surface area (Å²) in [6.45, 7) is 3.42. The highest BCUT2D eigenvalue weighted by Gasteiger charge is 2.79. The molecular weight excluding hydrogens is 612 g/mol. The first-order chi connectivity index (χ1) is 21.1. The van der Waals surface area contributed by atoms with Gasteiger partial charge in [-0.1, -0.05) is 19.8 Å². The predicted molar refractivity (Wildman–Crippen MR) is 161 cm³/mol. The van der Waals surface area contributed by atoms with Crippen molar-refractivity contribution in [3.63, 3.8) is 0 Å². The van der Waals surface area contributed by atoms with Gasteiger partial charge in [0.2, 0.25) is 11.8 Å². The van der Waals surface area contributed by atoms with Crippen LogP contribution >= 0.6 is 11.8 Å². The van der Waals surface area contributed by atoms with Crippen LogP contribution < -0.4 is 16.8 Å². The predicted octanol–water partition coefficient (Wildman–Crippen LogP) is 0.0325. The molecule has 2 amide bonds. The van der Waals surface area contributed by atoms with E-state index in [1.54, 1.807) is 6.92 Å². The molecule has 7 unspecified atom stereocenters. The average Bonchev–Trinajstić information content (AvgIpc) is 3.54. The number of carbonyl (C=O) groups is 6. The number of β-lactam (4-membered cyclic amide) rings is 1. The number of nitrogens with zero attached hydrogens (tertiary/aromatic N) is 1. The third-order valence-electron chi connectivity index (χ3n) is 8.97. The van der Waals surface area contributed by atoms with Crippen LogP contribution in [0.2, 0.25) is 0 Å². The van der Waals surface area contributed by atoms with Gasteiger partial charge in [0, 0.05) is 41.6 Å². The van der Waals surface area contributed by atoms with Gasteiger partial charge in [0.15, 0.2) is 5.78 Å². The third kappa shape index (κ3) is 7.04. The van der Waals surface area contributed by atoms with Crippen LogP contribution in [0.15, 0.2) is 10.6 Å². The van der Waals surface area contributed by atoms with Crippen molar-refractivity contribution in [1.29, 1.82) is 0 Å². The van der Waals surface area contributed by atoms with Crippen LogP contribution in [0.1, 0.15) is 71.6 Å². The van der Waals surface area contributed by atoms with Crippen molar-refractivity contribution in [1.82, 2.24) is 10.2 Å². The van der Waals surface area contributed by atoms with Crippen molar-refractivity contribution in [2.45, 2.75) is 101 Å². The Labute approximate surface area is 265 Å². The quantitative estimate of drug-likeness (QED) is 0.0715. The van der Waals surface area contributed by atoms with Crippen LogP contribution in [-0.2, 0) is 33.5 Å². The SMILES string of the molecule is CC(O)C1C(=O)N2C(C(=O)O)=C(SC3CCOC3)C(C)(CN)C12C(=O)C(CCCCC(=O)O)NC(=O)C(N)CCCCC(=O)O. The van der Waals surface area contributed by atoms with Gasteiger partial charge in [-0.3, -0.25) is 28.9 Å². The van der Waals surface area contributed by atoms with Gasteiger partial charge in [-0.15, -0.1) is 11.8 Å². The summed E-state index contributed by atoms with van der Waals surface area (Å²) in [6.07, 6.45) is -0.0496. The Hall–Kier alpha value is -3.05. The number of carbonyl (C=O) groups excluding carboxylic acids is 3. The van der Waals surface area contributed by atoms with Crippen molar-refractivity contribution in [2.75, 3.05) is 19.8 Å². The molecule has 45 heavy (non-hydrogen) atoms. The molecule has 0 aliphatic carbocycles. The van der Waals surface area contributed by atoms with Gasteiger partial charge in [-0.2, -0.15) is 0 Å². The summed E-state index contributed by atoms with van der Waals surface area (Å²) in [5, 5.41) is 41.7. The van der Waals surface area contributed by atoms with Gasteiger partial charge in [0.1, 0.15) is 11.2 Å². The van der Waals surface area contributed by atoms with Gasteiger partial charge in [0.25, 0.3) is 0 Å². The van der Waals surface area contributed by atoms with Crippen molar-refractivity contribution in [3.05, 3.63) is 10.6 Å². The standard InChI is InChI=1S/C29H44N4O11S/c1-15(34)21-26(41)33-22(27(42)43)24(45-16-11-12-44-13-16)28(2,14-30)29(21,33)23(39)18(8-4-6-10-20(37)38)32-25(40)17(31)7-3-5-9-19(35)36/h15-18,21,34H,3-14,30-31H2,1-2H3,(H,32,40)(H,35,36)(H,37,38)(H,42,43). The second-order valence-electron chi connectivity index (χ2n) is 12.1. The number of aliphatic hydroxyl groups is 1. The number of unbranched alkanes of at least 4 members (excludes halogenated alkanes) is 2. The Bertz CT molecular complexity index is 1220. The minimum absolute atomic E-state index is 0.0537. The molecule has 9 N–H and O–H groups in total. The third-order valence-corrected chi connectivity index (χ3v) is 10.6. The molecule has 0 spiro atoms. The van der Waals surface area contributed by atoms with Crippen LogP contribution in [0.25, 0.3) is 0 Å². The lowest BCUT2D eigenvalue weighted by molar-refractivity contribution is -0.192. The summed E-state index contributed by atoms with van der Waals surface area (Å²) in [5.41, 5.74) is 8.57. The summed E-state index contributed by atoms with van der Waals surface area (Å²) >= 11 is 1.18. The van der Waals surface area contributed by atoms with Crippen molar-refractivity contribution >= 4 is 47.3 Å². The van der Waals surface area contributed by atoms with E-state index in [0.717, 1.165) is 4.90 Å². The maximum absolute atomic E-state index is 14.9. The number of aliphatic hydroxyl groups excluding tert-OH is 1. The van der Waals surface area contributed by atoms with E-state index < -0.39 is 76.3 Å². The van der Waals surface area contributed by atoms with E-state index in [4.69, 9.17) is 26.4 Å². The van der Waals surface area contributed by atoms with Crippen molar-refractivity contribution in [2.24, 2.45) is 22.8 Å². The Morgan fingerprint density at radius 2 is 1.67 bits per heavy atom. The molecule has 16 heteroatoms. The minimum Gasteiger partial charge on any atom is -0.481 e. The molecule has 2 fully saturated rings. The normalized spacial score (nSPS) is 27.8. The number of carboxylic acid groups (broad SMARTS) is 3. The number of nitrogens with one attached hydrogen (secondary N) is 1. The molecule has 7 atom stereocenters. The van der Waals surface area contributed by atoms with Crippen LogP contribution in [0.3, 0.4) is 0 Å². The molecule has 0 bridgehead atoms. The van der Waals surface area contributed by atoms with Crippen LogP contribution in [0.4, 0.5) is 0 Å². The molecule has 3 aliphatic heterocycles. The average molecular weight is 657 g/mol. The van der Waals surface area contributed by atoms with Gasteiger partial charge in [-0.25, -0.2) is 4.79 Å². The number of fused-ring (bicyclic) bond motifs is 1. The number of ether oxygens (including phenoxy) is 1. The lowest BCUT2D eigenvalue weighted by Crippen LogP contribution is -2.82. The highest BCUT2D eigenvalue weighted by atomic mass is 32.2. The van der Waals surface area contributed by atoms with E-state index >= 15 is 0 Å². The van der Waals surface area contributed by atoms with Crippen LogP contribution in [0, 0.1) is 11.3 Å². The number of carboxylic acids is 3. The highest BCUT2D eigenvalue weighted by molar-refractivity contribution is 8.03. The lowest BCUT2D eigenvalue weighted by atomic mass is 9.55. The van der Waals surface area contributed by atoms with Gasteiger partial charge < -0.3 is 41.9 Å². The van der Waals surface area contributed by atoms with E-state index in [-0.39, 0.29) is 61.6 Å². The van der Waals surface area contributed by atoms with Gasteiger partial charge in [0.05, 0.1) is 30.7 Å². The molecule has 0 aromatic carbocycles. The largest absolute Gasteiger partial charge is 0.481 e. The number of hydrogen-bond acceptors (Lipinski definition) is 11. The van der Waals surface area contributed by atoms with Gasteiger partial charge in [-0.05, 0) is 39.0 Å². The summed E-state index contributed by atoms with van der Waals surface area (Å²) in [5.74, 6) is -7.09. The van der Waals surface area contributed by atoms with E-state index in [0.29, 0.717) is 26.1 Å². The Kier molecular flexibility index (Phi) is 12.2. The lowest BCUT2D eigenvalue weighted by Gasteiger charge is -2.60. The zero-order valence-electron chi connectivity index (χ0n) is 25.5. The number of ketones is 1.